The monoisotopic (exact) mass is 209 g/mol. The van der Waals surface area contributed by atoms with E-state index in [0.29, 0.717) is 5.92 Å². The van der Waals surface area contributed by atoms with Crippen LogP contribution in [0.4, 0.5) is 5.95 Å². The summed E-state index contributed by atoms with van der Waals surface area (Å²) in [5.41, 5.74) is 0.111. The van der Waals surface area contributed by atoms with Gasteiger partial charge in [-0.25, -0.2) is 4.98 Å². The van der Waals surface area contributed by atoms with Crippen molar-refractivity contribution < 1.29 is 0 Å². The van der Waals surface area contributed by atoms with Crippen molar-refractivity contribution in [2.24, 2.45) is 5.92 Å². The maximum atomic E-state index is 4.35. The molecule has 0 aromatic carbocycles. The van der Waals surface area contributed by atoms with Crippen LogP contribution in [0.2, 0.25) is 0 Å². The molecule has 86 valence electrons. The average Bonchev–Trinajstić information content (AvgIpc) is 2.51. The van der Waals surface area contributed by atoms with Gasteiger partial charge in [-0.05, 0) is 26.2 Å². The Kier molecular flexibility index (Phi) is 3.77. The molecular formula is C12H23N3. The van der Waals surface area contributed by atoms with Gasteiger partial charge < -0.3 is 9.88 Å². The van der Waals surface area contributed by atoms with E-state index in [0.717, 1.165) is 18.9 Å². The summed E-state index contributed by atoms with van der Waals surface area (Å²) in [6.45, 7) is 12.0. The molecule has 0 fully saturated rings. The van der Waals surface area contributed by atoms with Crippen LogP contribution in [-0.4, -0.2) is 15.1 Å². The number of aromatic nitrogens is 2. The maximum Gasteiger partial charge on any atom is 0.203 e. The van der Waals surface area contributed by atoms with Gasteiger partial charge in [-0.1, -0.05) is 20.8 Å². The average molecular weight is 209 g/mol. The third-order valence-electron chi connectivity index (χ3n) is 2.61. The molecule has 0 bridgehead atoms. The first-order valence-corrected chi connectivity index (χ1v) is 5.74. The SMILES string of the molecule is CCC(C)(C)Nc1nccn1CC(C)C. The molecule has 1 N–H and O–H groups in total. The van der Waals surface area contributed by atoms with Crippen LogP contribution in [0, 0.1) is 5.92 Å². The Hall–Kier alpha value is -0.990. The lowest BCUT2D eigenvalue weighted by atomic mass is 10.0. The topological polar surface area (TPSA) is 29.9 Å². The van der Waals surface area contributed by atoms with E-state index in [1.54, 1.807) is 0 Å². The first kappa shape index (κ1) is 12.1. The molecular weight excluding hydrogens is 186 g/mol. The van der Waals surface area contributed by atoms with Crippen LogP contribution < -0.4 is 5.32 Å². The van der Waals surface area contributed by atoms with Crippen LogP contribution in [0.3, 0.4) is 0 Å². The second kappa shape index (κ2) is 4.69. The molecule has 1 aromatic rings. The predicted molar refractivity (Wildman–Crippen MR) is 65.1 cm³/mol. The van der Waals surface area contributed by atoms with E-state index in [9.17, 15) is 0 Å². The molecule has 1 heterocycles. The fourth-order valence-corrected chi connectivity index (χ4v) is 1.37. The molecule has 0 aliphatic rings. The molecule has 0 aliphatic heterocycles. The number of hydrogen-bond donors (Lipinski definition) is 1. The van der Waals surface area contributed by atoms with E-state index in [4.69, 9.17) is 0 Å². The third kappa shape index (κ3) is 3.57. The summed E-state index contributed by atoms with van der Waals surface area (Å²) in [5, 5.41) is 3.47. The van der Waals surface area contributed by atoms with Gasteiger partial charge in [0.05, 0.1) is 0 Å². The zero-order valence-electron chi connectivity index (χ0n) is 10.5. The Morgan fingerprint density at radius 3 is 2.67 bits per heavy atom. The summed E-state index contributed by atoms with van der Waals surface area (Å²) in [5.74, 6) is 1.63. The van der Waals surface area contributed by atoms with Gasteiger partial charge in [0.1, 0.15) is 0 Å². The lowest BCUT2D eigenvalue weighted by molar-refractivity contribution is 0.503. The Morgan fingerprint density at radius 1 is 1.47 bits per heavy atom. The van der Waals surface area contributed by atoms with Gasteiger partial charge in [0.15, 0.2) is 0 Å². The summed E-state index contributed by atoms with van der Waals surface area (Å²) in [6, 6.07) is 0. The van der Waals surface area contributed by atoms with Crippen LogP contribution in [0.15, 0.2) is 12.4 Å². The number of nitrogens with zero attached hydrogens (tertiary/aromatic N) is 2. The van der Waals surface area contributed by atoms with E-state index in [-0.39, 0.29) is 5.54 Å². The number of nitrogens with one attached hydrogen (secondary N) is 1. The third-order valence-corrected chi connectivity index (χ3v) is 2.61. The Labute approximate surface area is 92.9 Å². The van der Waals surface area contributed by atoms with Crippen molar-refractivity contribution >= 4 is 5.95 Å². The summed E-state index contributed by atoms with van der Waals surface area (Å²) in [4.78, 5) is 4.35. The summed E-state index contributed by atoms with van der Waals surface area (Å²) in [6.07, 6.45) is 4.98. The zero-order valence-corrected chi connectivity index (χ0v) is 10.5. The van der Waals surface area contributed by atoms with Crippen LogP contribution in [0.5, 0.6) is 0 Å². The highest BCUT2D eigenvalue weighted by molar-refractivity contribution is 5.29. The number of imidazole rings is 1. The van der Waals surface area contributed by atoms with E-state index in [1.165, 1.54) is 0 Å². The molecule has 0 spiro atoms. The van der Waals surface area contributed by atoms with Crippen molar-refractivity contribution in [1.29, 1.82) is 0 Å². The molecule has 0 aliphatic carbocycles. The second-order valence-electron chi connectivity index (χ2n) is 5.16. The Morgan fingerprint density at radius 2 is 2.13 bits per heavy atom. The standard InChI is InChI=1S/C12H23N3/c1-6-12(4,5)14-11-13-7-8-15(11)9-10(2)3/h7-8,10H,6,9H2,1-5H3,(H,13,14). The van der Waals surface area contributed by atoms with Gasteiger partial charge in [0.2, 0.25) is 5.95 Å². The molecule has 0 amide bonds. The van der Waals surface area contributed by atoms with Gasteiger partial charge in [-0.15, -0.1) is 0 Å². The Bertz CT molecular complexity index is 300. The molecule has 0 saturated carbocycles. The van der Waals surface area contributed by atoms with Crippen LogP contribution in [-0.2, 0) is 6.54 Å². The molecule has 3 heteroatoms. The van der Waals surface area contributed by atoms with Crippen LogP contribution in [0.1, 0.15) is 41.0 Å². The summed E-state index contributed by atoms with van der Waals surface area (Å²) >= 11 is 0. The van der Waals surface area contributed by atoms with Crippen molar-refractivity contribution in [3.63, 3.8) is 0 Å². The van der Waals surface area contributed by atoms with Gasteiger partial charge in [-0.3, -0.25) is 0 Å². The lowest BCUT2D eigenvalue weighted by Crippen LogP contribution is -2.31. The lowest BCUT2D eigenvalue weighted by Gasteiger charge is -2.25. The van der Waals surface area contributed by atoms with Crippen LogP contribution in [0.25, 0.3) is 0 Å². The number of hydrogen-bond acceptors (Lipinski definition) is 2. The van der Waals surface area contributed by atoms with Crippen molar-refractivity contribution in [2.45, 2.75) is 53.1 Å². The number of rotatable bonds is 5. The normalized spacial score (nSPS) is 12.1. The molecule has 1 rings (SSSR count). The summed E-state index contributed by atoms with van der Waals surface area (Å²) < 4.78 is 2.18. The van der Waals surface area contributed by atoms with Crippen LogP contribution >= 0.6 is 0 Å². The van der Waals surface area contributed by atoms with E-state index >= 15 is 0 Å². The number of anilines is 1. The second-order valence-corrected chi connectivity index (χ2v) is 5.16. The minimum Gasteiger partial charge on any atom is -0.351 e. The fraction of sp³-hybridized carbons (Fsp3) is 0.750. The van der Waals surface area contributed by atoms with Crippen molar-refractivity contribution in [2.75, 3.05) is 5.32 Å². The first-order chi connectivity index (χ1) is 6.94. The van der Waals surface area contributed by atoms with Gasteiger partial charge >= 0.3 is 0 Å². The van der Waals surface area contributed by atoms with Crippen molar-refractivity contribution in [3.8, 4) is 0 Å². The van der Waals surface area contributed by atoms with E-state index in [2.05, 4.69) is 49.5 Å². The highest BCUT2D eigenvalue weighted by atomic mass is 15.2. The molecule has 0 unspecified atom stereocenters. The smallest absolute Gasteiger partial charge is 0.203 e. The largest absolute Gasteiger partial charge is 0.351 e. The molecule has 1 aromatic heterocycles. The highest BCUT2D eigenvalue weighted by Crippen LogP contribution is 2.17. The summed E-state index contributed by atoms with van der Waals surface area (Å²) in [7, 11) is 0. The van der Waals surface area contributed by atoms with Gasteiger partial charge in [-0.2, -0.15) is 0 Å². The van der Waals surface area contributed by atoms with E-state index < -0.39 is 0 Å². The minimum atomic E-state index is 0.111. The highest BCUT2D eigenvalue weighted by Gasteiger charge is 2.17. The fourth-order valence-electron chi connectivity index (χ4n) is 1.37. The molecule has 0 radical (unpaired) electrons. The van der Waals surface area contributed by atoms with Gasteiger partial charge in [0, 0.05) is 24.5 Å². The molecule has 0 saturated heterocycles. The first-order valence-electron chi connectivity index (χ1n) is 5.74. The maximum absolute atomic E-state index is 4.35. The van der Waals surface area contributed by atoms with Gasteiger partial charge in [0.25, 0.3) is 0 Å². The van der Waals surface area contributed by atoms with E-state index in [1.807, 2.05) is 12.4 Å². The quantitative estimate of drug-likeness (QED) is 0.807. The zero-order chi connectivity index (χ0) is 11.5. The molecule has 0 atom stereocenters. The van der Waals surface area contributed by atoms with Crippen molar-refractivity contribution in [1.82, 2.24) is 9.55 Å². The minimum absolute atomic E-state index is 0.111. The molecule has 3 nitrogen and oxygen atoms in total. The Balaban J connectivity index is 2.73. The predicted octanol–water partition coefficient (Wildman–Crippen LogP) is 3.14. The van der Waals surface area contributed by atoms with Crippen molar-refractivity contribution in [3.05, 3.63) is 12.4 Å². The molecule has 15 heavy (non-hydrogen) atoms.